The number of nitrogens with zero attached hydrogens (tertiary/aromatic N) is 2. The van der Waals surface area contributed by atoms with Crippen molar-refractivity contribution in [1.82, 2.24) is 9.42 Å². The van der Waals surface area contributed by atoms with Gasteiger partial charge in [-0.3, -0.25) is 9.59 Å². The third kappa shape index (κ3) is 1.75. The summed E-state index contributed by atoms with van der Waals surface area (Å²) < 4.78 is 24.7. The molecule has 6 nitrogen and oxygen atoms in total. The molecule has 2 amide bonds. The number of hydrogen-bond acceptors (Lipinski definition) is 4. The Morgan fingerprint density at radius 1 is 1.11 bits per heavy atom. The summed E-state index contributed by atoms with van der Waals surface area (Å²) in [6, 6.07) is 5.36. The molecule has 0 aromatic heterocycles. The normalized spacial score (nSPS) is 15.9. The molecule has 0 N–H and O–H groups in total. The predicted octanol–water partition coefficient (Wildman–Crippen LogP) is 0.634. The molecule has 0 radical (unpaired) electrons. The van der Waals surface area contributed by atoms with Gasteiger partial charge in [0.15, 0.2) is 0 Å². The Bertz CT molecular complexity index is 611. The fourth-order valence-corrected chi connectivity index (χ4v) is 3.11. The van der Waals surface area contributed by atoms with Crippen LogP contribution in [0.3, 0.4) is 0 Å². The van der Waals surface area contributed by atoms with Crippen molar-refractivity contribution < 1.29 is 18.0 Å². The highest BCUT2D eigenvalue weighted by Crippen LogP contribution is 2.25. The number of hydrogen-bond donors (Lipinski definition) is 0. The maximum Gasteiger partial charge on any atom is 0.347 e. The van der Waals surface area contributed by atoms with Crippen molar-refractivity contribution >= 4 is 33.4 Å². The molecule has 0 bridgehead atoms. The smallest absolute Gasteiger partial charge is 0.261 e. The predicted molar refractivity (Wildman–Crippen MR) is 62.9 cm³/mol. The van der Waals surface area contributed by atoms with E-state index >= 15 is 0 Å². The van der Waals surface area contributed by atoms with Crippen LogP contribution in [-0.4, -0.2) is 36.2 Å². The van der Waals surface area contributed by atoms with E-state index in [0.717, 1.165) is 5.01 Å². The van der Waals surface area contributed by atoms with Gasteiger partial charge in [0.1, 0.15) is 0 Å². The number of carbonyl (C=O) groups is 2. The van der Waals surface area contributed by atoms with Gasteiger partial charge in [0, 0.05) is 11.6 Å². The molecule has 1 aromatic carbocycles. The molecule has 0 unspecified atom stereocenters. The van der Waals surface area contributed by atoms with E-state index in [9.17, 15) is 18.0 Å². The van der Waals surface area contributed by atoms with E-state index in [1.807, 2.05) is 0 Å². The average molecular weight is 289 g/mol. The molecule has 18 heavy (non-hydrogen) atoms. The number of carbonyl (C=O) groups excluding carboxylic acids is 2. The number of sulfonamides is 1. The van der Waals surface area contributed by atoms with Gasteiger partial charge >= 0.3 is 11.8 Å². The molecule has 0 aliphatic carbocycles. The Morgan fingerprint density at radius 3 is 2.17 bits per heavy atom. The first-order valence-corrected chi connectivity index (χ1v) is 6.88. The summed E-state index contributed by atoms with van der Waals surface area (Å²) in [6.07, 6.45) is 0. The second-order valence-electron chi connectivity index (χ2n) is 3.53. The standard InChI is InChI=1S/C10H9ClN2O4S/c1-2-12-9(14)10(15)13(12)18(16,17)8-5-3-7(11)4-6-8/h3-6H,2H2,1H3. The van der Waals surface area contributed by atoms with Crippen molar-refractivity contribution in [1.29, 1.82) is 0 Å². The van der Waals surface area contributed by atoms with E-state index in [-0.39, 0.29) is 11.4 Å². The minimum absolute atomic E-state index is 0.0915. The second kappa shape index (κ2) is 4.25. The van der Waals surface area contributed by atoms with Crippen LogP contribution in [0.25, 0.3) is 0 Å². The third-order valence-electron chi connectivity index (χ3n) is 2.45. The maximum absolute atomic E-state index is 12.1. The number of hydrazine groups is 1. The molecule has 1 saturated heterocycles. The van der Waals surface area contributed by atoms with Crippen LogP contribution in [0.2, 0.25) is 5.02 Å². The summed E-state index contributed by atoms with van der Waals surface area (Å²) in [4.78, 5) is 22.4. The molecular weight excluding hydrogens is 280 g/mol. The molecule has 1 aliphatic heterocycles. The molecule has 1 heterocycles. The van der Waals surface area contributed by atoms with Crippen LogP contribution < -0.4 is 0 Å². The largest absolute Gasteiger partial charge is 0.347 e. The van der Waals surface area contributed by atoms with Crippen LogP contribution in [0.5, 0.6) is 0 Å². The summed E-state index contributed by atoms with van der Waals surface area (Å²) >= 11 is 5.66. The molecule has 1 fully saturated rings. The van der Waals surface area contributed by atoms with Crippen LogP contribution in [0.15, 0.2) is 29.2 Å². The molecule has 96 valence electrons. The van der Waals surface area contributed by atoms with Crippen LogP contribution in [-0.2, 0) is 19.6 Å². The first kappa shape index (κ1) is 12.8. The molecular formula is C10H9ClN2O4S. The van der Waals surface area contributed by atoms with Gasteiger partial charge in [-0.1, -0.05) is 11.6 Å². The molecule has 1 aliphatic rings. The summed E-state index contributed by atoms with van der Waals surface area (Å²) in [6.45, 7) is 1.69. The highest BCUT2D eigenvalue weighted by molar-refractivity contribution is 7.89. The van der Waals surface area contributed by atoms with Crippen LogP contribution in [0.4, 0.5) is 0 Å². The molecule has 8 heteroatoms. The van der Waals surface area contributed by atoms with Gasteiger partial charge in [-0.15, -0.1) is 4.41 Å². The summed E-state index contributed by atoms with van der Waals surface area (Å²) in [5.41, 5.74) is 0. The van der Waals surface area contributed by atoms with Gasteiger partial charge in [-0.05, 0) is 31.2 Å². The Hall–Kier alpha value is -1.60. The van der Waals surface area contributed by atoms with Crippen LogP contribution >= 0.6 is 11.6 Å². The fraction of sp³-hybridized carbons (Fsp3) is 0.200. The average Bonchev–Trinajstić information content (AvgIpc) is 2.34. The topological polar surface area (TPSA) is 74.8 Å². The number of benzene rings is 1. The van der Waals surface area contributed by atoms with Crippen molar-refractivity contribution in [3.05, 3.63) is 29.3 Å². The van der Waals surface area contributed by atoms with Crippen molar-refractivity contribution in [2.75, 3.05) is 6.54 Å². The SMILES string of the molecule is CCN1C(=O)C(=O)N1S(=O)(=O)c1ccc(Cl)cc1. The van der Waals surface area contributed by atoms with Crippen molar-refractivity contribution in [3.63, 3.8) is 0 Å². The minimum atomic E-state index is -4.03. The van der Waals surface area contributed by atoms with Gasteiger partial charge in [-0.2, -0.15) is 8.42 Å². The molecule has 0 saturated carbocycles. The van der Waals surface area contributed by atoms with Crippen molar-refractivity contribution in [2.45, 2.75) is 11.8 Å². The van der Waals surface area contributed by atoms with Gasteiger partial charge in [0.05, 0.1) is 4.90 Å². The molecule has 0 spiro atoms. The summed E-state index contributed by atoms with van der Waals surface area (Å²) in [7, 11) is -4.03. The highest BCUT2D eigenvalue weighted by Gasteiger charge is 2.50. The zero-order chi connectivity index (χ0) is 13.5. The lowest BCUT2D eigenvalue weighted by Crippen LogP contribution is -2.67. The van der Waals surface area contributed by atoms with Crippen LogP contribution in [0, 0.1) is 0 Å². The fourth-order valence-electron chi connectivity index (χ4n) is 1.56. The summed E-state index contributed by atoms with van der Waals surface area (Å²) in [5.74, 6) is -1.87. The second-order valence-corrected chi connectivity index (χ2v) is 5.73. The Morgan fingerprint density at radius 2 is 1.67 bits per heavy atom. The Kier molecular flexibility index (Phi) is 3.04. The molecule has 0 atom stereocenters. The third-order valence-corrected chi connectivity index (χ3v) is 4.39. The number of likely N-dealkylation sites (N-methyl/N-ethyl adjacent to an activating group) is 1. The molecule has 1 aromatic rings. The van der Waals surface area contributed by atoms with Crippen molar-refractivity contribution in [3.8, 4) is 0 Å². The number of rotatable bonds is 3. The lowest BCUT2D eigenvalue weighted by Gasteiger charge is -2.39. The summed E-state index contributed by atoms with van der Waals surface area (Å²) in [5, 5.41) is 1.25. The zero-order valence-corrected chi connectivity index (χ0v) is 10.9. The highest BCUT2D eigenvalue weighted by atomic mass is 35.5. The number of halogens is 1. The number of amides is 2. The van der Waals surface area contributed by atoms with E-state index in [0.29, 0.717) is 9.44 Å². The first-order chi connectivity index (χ1) is 8.39. The van der Waals surface area contributed by atoms with E-state index in [2.05, 4.69) is 0 Å². The van der Waals surface area contributed by atoms with E-state index < -0.39 is 21.8 Å². The van der Waals surface area contributed by atoms with Crippen LogP contribution in [0.1, 0.15) is 6.92 Å². The monoisotopic (exact) mass is 288 g/mol. The van der Waals surface area contributed by atoms with E-state index in [1.165, 1.54) is 24.3 Å². The van der Waals surface area contributed by atoms with Gasteiger partial charge in [0.25, 0.3) is 10.0 Å². The van der Waals surface area contributed by atoms with Gasteiger partial charge < -0.3 is 0 Å². The quantitative estimate of drug-likeness (QED) is 0.765. The first-order valence-electron chi connectivity index (χ1n) is 5.06. The van der Waals surface area contributed by atoms with Crippen molar-refractivity contribution in [2.24, 2.45) is 0 Å². The lowest BCUT2D eigenvalue weighted by atomic mass is 10.4. The Labute approximate surface area is 109 Å². The van der Waals surface area contributed by atoms with E-state index in [4.69, 9.17) is 11.6 Å². The zero-order valence-electron chi connectivity index (χ0n) is 9.33. The van der Waals surface area contributed by atoms with Gasteiger partial charge in [-0.25, -0.2) is 5.01 Å². The maximum atomic E-state index is 12.1. The minimum Gasteiger partial charge on any atom is -0.261 e. The molecule has 2 rings (SSSR count). The lowest BCUT2D eigenvalue weighted by molar-refractivity contribution is -0.177. The Balaban J connectivity index is 2.41. The van der Waals surface area contributed by atoms with Gasteiger partial charge in [0.2, 0.25) is 0 Å². The van der Waals surface area contributed by atoms with E-state index in [1.54, 1.807) is 6.92 Å².